The summed E-state index contributed by atoms with van der Waals surface area (Å²) in [6.45, 7) is 5.95. The van der Waals surface area contributed by atoms with E-state index in [2.05, 4.69) is 29.4 Å². The Balaban J connectivity index is 2.33. The van der Waals surface area contributed by atoms with Crippen LogP contribution in [0.5, 0.6) is 0 Å². The van der Waals surface area contributed by atoms with Gasteiger partial charge in [-0.05, 0) is 5.92 Å². The molecule has 1 aromatic heterocycles. The smallest absolute Gasteiger partial charge is 0.0618 e. The van der Waals surface area contributed by atoms with Gasteiger partial charge in [0.15, 0.2) is 0 Å². The zero-order valence-corrected chi connectivity index (χ0v) is 9.08. The van der Waals surface area contributed by atoms with E-state index in [1.54, 1.807) is 7.11 Å². The second-order valence-corrected chi connectivity index (χ2v) is 3.79. The highest BCUT2D eigenvalue weighted by atomic mass is 16.5. The molecule has 1 unspecified atom stereocenters. The van der Waals surface area contributed by atoms with Gasteiger partial charge in [0.25, 0.3) is 0 Å². The van der Waals surface area contributed by atoms with Crippen molar-refractivity contribution in [1.82, 2.24) is 15.5 Å². The molecule has 2 N–H and O–H groups in total. The number of nitrogens with one attached hydrogen (secondary N) is 2. The molecule has 4 nitrogen and oxygen atoms in total. The summed E-state index contributed by atoms with van der Waals surface area (Å²) in [6.07, 6.45) is 3.73. The van der Waals surface area contributed by atoms with Gasteiger partial charge in [-0.3, -0.25) is 5.10 Å². The highest BCUT2D eigenvalue weighted by molar-refractivity contribution is 5.01. The zero-order valence-electron chi connectivity index (χ0n) is 9.08. The maximum absolute atomic E-state index is 5.15. The summed E-state index contributed by atoms with van der Waals surface area (Å²) in [6, 6.07) is 0.398. The highest BCUT2D eigenvalue weighted by Crippen LogP contribution is 2.03. The van der Waals surface area contributed by atoms with Crippen LogP contribution in [0.25, 0.3) is 0 Å². The van der Waals surface area contributed by atoms with E-state index in [9.17, 15) is 0 Å². The molecule has 0 aliphatic rings. The molecule has 0 saturated carbocycles. The second-order valence-electron chi connectivity index (χ2n) is 3.79. The summed E-state index contributed by atoms with van der Waals surface area (Å²) in [5, 5.41) is 10.1. The number of methoxy groups -OCH3 is 1. The molecule has 1 heterocycles. The van der Waals surface area contributed by atoms with Crippen molar-refractivity contribution in [3.05, 3.63) is 18.0 Å². The van der Waals surface area contributed by atoms with Gasteiger partial charge in [-0.25, -0.2) is 0 Å². The van der Waals surface area contributed by atoms with Crippen LogP contribution < -0.4 is 5.32 Å². The highest BCUT2D eigenvalue weighted by Gasteiger charge is 2.11. The van der Waals surface area contributed by atoms with Gasteiger partial charge in [-0.2, -0.15) is 5.10 Å². The van der Waals surface area contributed by atoms with E-state index >= 15 is 0 Å². The molecule has 14 heavy (non-hydrogen) atoms. The van der Waals surface area contributed by atoms with Gasteiger partial charge in [0.2, 0.25) is 0 Å². The Kier molecular flexibility index (Phi) is 4.62. The average Bonchev–Trinajstić information content (AvgIpc) is 2.64. The first kappa shape index (κ1) is 11.2. The minimum atomic E-state index is 0.398. The number of hydrogen-bond acceptors (Lipinski definition) is 3. The minimum absolute atomic E-state index is 0.398. The van der Waals surface area contributed by atoms with Gasteiger partial charge in [0.05, 0.1) is 12.8 Å². The molecule has 1 aromatic rings. The number of rotatable bonds is 6. The lowest BCUT2D eigenvalue weighted by molar-refractivity contribution is 0.146. The molecular formula is C10H19N3O. The molecule has 0 spiro atoms. The van der Waals surface area contributed by atoms with Gasteiger partial charge in [-0.15, -0.1) is 0 Å². The summed E-state index contributed by atoms with van der Waals surface area (Å²) in [5.41, 5.74) is 1.17. The summed E-state index contributed by atoms with van der Waals surface area (Å²) < 4.78 is 5.15. The van der Waals surface area contributed by atoms with E-state index in [0.717, 1.165) is 13.2 Å². The predicted molar refractivity (Wildman–Crippen MR) is 55.9 cm³/mol. The first-order chi connectivity index (χ1) is 6.74. The van der Waals surface area contributed by atoms with Crippen LogP contribution in [0.15, 0.2) is 12.4 Å². The van der Waals surface area contributed by atoms with Crippen LogP contribution in [0.4, 0.5) is 0 Å². The standard InChI is InChI=1S/C10H19N3O/c1-8(2)10(7-14-3)11-4-9-5-12-13-6-9/h5-6,8,10-11H,4,7H2,1-3H3,(H,12,13). The van der Waals surface area contributed by atoms with E-state index in [1.165, 1.54) is 5.56 Å². The van der Waals surface area contributed by atoms with Crippen LogP contribution in [0.2, 0.25) is 0 Å². The quantitative estimate of drug-likeness (QED) is 0.719. The van der Waals surface area contributed by atoms with Crippen molar-refractivity contribution in [2.75, 3.05) is 13.7 Å². The molecule has 0 bridgehead atoms. The van der Waals surface area contributed by atoms with E-state index < -0.39 is 0 Å². The van der Waals surface area contributed by atoms with Crippen LogP contribution >= 0.6 is 0 Å². The van der Waals surface area contributed by atoms with E-state index in [4.69, 9.17) is 4.74 Å². The molecule has 0 saturated heterocycles. The Hall–Kier alpha value is -0.870. The molecule has 0 aliphatic carbocycles. The van der Waals surface area contributed by atoms with Crippen LogP contribution in [-0.2, 0) is 11.3 Å². The number of hydrogen-bond donors (Lipinski definition) is 2. The van der Waals surface area contributed by atoms with Crippen LogP contribution in [-0.4, -0.2) is 30.0 Å². The second kappa shape index (κ2) is 5.78. The molecule has 0 aromatic carbocycles. The van der Waals surface area contributed by atoms with E-state index in [1.807, 2.05) is 12.4 Å². The molecular weight excluding hydrogens is 178 g/mol. The Labute approximate surface area is 85.0 Å². The van der Waals surface area contributed by atoms with Crippen molar-refractivity contribution in [2.24, 2.45) is 5.92 Å². The van der Waals surface area contributed by atoms with Gasteiger partial charge < -0.3 is 10.1 Å². The van der Waals surface area contributed by atoms with Crippen molar-refractivity contribution < 1.29 is 4.74 Å². The van der Waals surface area contributed by atoms with Crippen molar-refractivity contribution in [3.63, 3.8) is 0 Å². The number of aromatic nitrogens is 2. The Bertz CT molecular complexity index is 234. The fraction of sp³-hybridized carbons (Fsp3) is 0.700. The first-order valence-corrected chi connectivity index (χ1v) is 4.94. The Morgan fingerprint density at radius 1 is 1.57 bits per heavy atom. The van der Waals surface area contributed by atoms with Crippen LogP contribution in [0.1, 0.15) is 19.4 Å². The minimum Gasteiger partial charge on any atom is -0.383 e. The monoisotopic (exact) mass is 197 g/mol. The molecule has 1 rings (SSSR count). The maximum atomic E-state index is 5.15. The molecule has 0 amide bonds. The van der Waals surface area contributed by atoms with Crippen molar-refractivity contribution in [3.8, 4) is 0 Å². The van der Waals surface area contributed by atoms with E-state index in [-0.39, 0.29) is 0 Å². The largest absolute Gasteiger partial charge is 0.383 e. The molecule has 0 fully saturated rings. The summed E-state index contributed by atoms with van der Waals surface area (Å²) >= 11 is 0. The maximum Gasteiger partial charge on any atom is 0.0618 e. The van der Waals surface area contributed by atoms with Crippen LogP contribution in [0.3, 0.4) is 0 Å². The SMILES string of the molecule is COCC(NCc1cn[nH]c1)C(C)C. The van der Waals surface area contributed by atoms with Gasteiger partial charge in [0.1, 0.15) is 0 Å². The number of ether oxygens (including phenoxy) is 1. The van der Waals surface area contributed by atoms with Crippen molar-refractivity contribution >= 4 is 0 Å². The summed E-state index contributed by atoms with van der Waals surface area (Å²) in [4.78, 5) is 0. The first-order valence-electron chi connectivity index (χ1n) is 4.94. The number of aromatic amines is 1. The van der Waals surface area contributed by atoms with Gasteiger partial charge in [-0.1, -0.05) is 13.8 Å². The average molecular weight is 197 g/mol. The molecule has 0 aliphatic heterocycles. The Morgan fingerprint density at radius 3 is 2.86 bits per heavy atom. The number of H-pyrrole nitrogens is 1. The summed E-state index contributed by atoms with van der Waals surface area (Å²) in [7, 11) is 1.73. The molecule has 80 valence electrons. The topological polar surface area (TPSA) is 49.9 Å². The molecule has 0 radical (unpaired) electrons. The Morgan fingerprint density at radius 2 is 2.36 bits per heavy atom. The fourth-order valence-electron chi connectivity index (χ4n) is 1.29. The third-order valence-electron chi connectivity index (χ3n) is 2.27. The zero-order chi connectivity index (χ0) is 10.4. The number of nitrogens with zero attached hydrogens (tertiary/aromatic N) is 1. The van der Waals surface area contributed by atoms with E-state index in [0.29, 0.717) is 12.0 Å². The molecule has 1 atom stereocenters. The van der Waals surface area contributed by atoms with Gasteiger partial charge in [0, 0.05) is 31.5 Å². The summed E-state index contributed by atoms with van der Waals surface area (Å²) in [5.74, 6) is 0.571. The lowest BCUT2D eigenvalue weighted by Gasteiger charge is -2.21. The third-order valence-corrected chi connectivity index (χ3v) is 2.27. The van der Waals surface area contributed by atoms with Crippen molar-refractivity contribution in [2.45, 2.75) is 26.4 Å². The van der Waals surface area contributed by atoms with Crippen LogP contribution in [0, 0.1) is 5.92 Å². The van der Waals surface area contributed by atoms with Crippen molar-refractivity contribution in [1.29, 1.82) is 0 Å². The lowest BCUT2D eigenvalue weighted by Crippen LogP contribution is -2.37. The fourth-order valence-corrected chi connectivity index (χ4v) is 1.29. The third kappa shape index (κ3) is 3.47. The van der Waals surface area contributed by atoms with Gasteiger partial charge >= 0.3 is 0 Å². The normalized spacial score (nSPS) is 13.4. The molecule has 4 heteroatoms. The predicted octanol–water partition coefficient (Wildman–Crippen LogP) is 1.17. The lowest BCUT2D eigenvalue weighted by atomic mass is 10.1.